The molecule has 0 aliphatic heterocycles. The second kappa shape index (κ2) is 6.52. The summed E-state index contributed by atoms with van der Waals surface area (Å²) in [6.45, 7) is 4.38. The largest absolute Gasteiger partial charge is 0.493 e. The van der Waals surface area contributed by atoms with Crippen LogP contribution in [0.15, 0.2) is 48.8 Å². The topological polar surface area (TPSA) is 56.1 Å². The van der Waals surface area contributed by atoms with Crippen molar-refractivity contribution in [2.45, 2.75) is 20.3 Å². The van der Waals surface area contributed by atoms with Crippen molar-refractivity contribution in [1.82, 2.24) is 9.66 Å². The molecule has 0 saturated carbocycles. The van der Waals surface area contributed by atoms with Gasteiger partial charge in [0.15, 0.2) is 0 Å². The molecule has 0 fully saturated rings. The van der Waals surface area contributed by atoms with E-state index < -0.39 is 0 Å². The van der Waals surface area contributed by atoms with E-state index in [1.54, 1.807) is 11.0 Å². The van der Waals surface area contributed by atoms with E-state index in [4.69, 9.17) is 4.74 Å². The monoisotopic (exact) mass is 309 g/mol. The van der Waals surface area contributed by atoms with Crippen LogP contribution < -0.4 is 10.2 Å². The molecule has 1 heterocycles. The summed E-state index contributed by atoms with van der Waals surface area (Å²) in [5.41, 5.74) is 6.80. The highest BCUT2D eigenvalue weighted by molar-refractivity contribution is 5.86. The quantitative estimate of drug-likeness (QED) is 0.787. The third kappa shape index (κ3) is 3.51. The maximum atomic E-state index is 12.0. The summed E-state index contributed by atoms with van der Waals surface area (Å²) in [4.78, 5) is 16.3. The van der Waals surface area contributed by atoms with E-state index in [1.165, 1.54) is 5.56 Å². The Labute approximate surface area is 134 Å². The molecule has 1 amide bonds. The van der Waals surface area contributed by atoms with E-state index in [-0.39, 0.29) is 12.3 Å². The van der Waals surface area contributed by atoms with E-state index in [2.05, 4.69) is 16.5 Å². The Morgan fingerprint density at radius 2 is 2.04 bits per heavy atom. The van der Waals surface area contributed by atoms with Crippen LogP contribution in [-0.2, 0) is 4.79 Å². The fraction of sp³-hybridized carbons (Fsp3) is 0.222. The van der Waals surface area contributed by atoms with Gasteiger partial charge in [-0.05, 0) is 37.6 Å². The summed E-state index contributed by atoms with van der Waals surface area (Å²) in [5, 5.41) is 0. The average Bonchev–Trinajstić information content (AvgIpc) is 2.93. The highest BCUT2D eigenvalue weighted by Gasteiger charge is 2.07. The van der Waals surface area contributed by atoms with Crippen molar-refractivity contribution in [2.75, 3.05) is 12.0 Å². The smallest absolute Gasteiger partial charge is 0.242 e. The van der Waals surface area contributed by atoms with Gasteiger partial charge < -0.3 is 4.74 Å². The van der Waals surface area contributed by atoms with Crippen molar-refractivity contribution >= 4 is 16.9 Å². The summed E-state index contributed by atoms with van der Waals surface area (Å²) >= 11 is 0. The van der Waals surface area contributed by atoms with Gasteiger partial charge in [0.2, 0.25) is 5.91 Å². The summed E-state index contributed by atoms with van der Waals surface area (Å²) < 4.78 is 7.32. The first-order valence-corrected chi connectivity index (χ1v) is 7.55. The summed E-state index contributed by atoms with van der Waals surface area (Å²) in [5.74, 6) is 0.703. The number of nitrogens with zero attached hydrogens (tertiary/aromatic N) is 2. The van der Waals surface area contributed by atoms with Gasteiger partial charge in [0.05, 0.1) is 24.1 Å². The molecular formula is C18H19N3O2. The molecule has 0 aliphatic rings. The molecule has 1 N–H and O–H groups in total. The molecule has 0 bridgehead atoms. The third-order valence-corrected chi connectivity index (χ3v) is 3.62. The number of amides is 1. The number of imidazole rings is 1. The van der Waals surface area contributed by atoms with E-state index in [9.17, 15) is 4.79 Å². The SMILES string of the molecule is Cc1ccc(OCCC(=O)Nn2cnc3ccccc32)c(C)c1. The number of carbonyl (C=O) groups is 1. The van der Waals surface area contributed by atoms with Crippen molar-refractivity contribution in [3.05, 3.63) is 59.9 Å². The molecule has 2 aromatic carbocycles. The molecular weight excluding hydrogens is 290 g/mol. The molecule has 0 unspecified atom stereocenters. The predicted molar refractivity (Wildman–Crippen MR) is 90.1 cm³/mol. The number of benzene rings is 2. The van der Waals surface area contributed by atoms with Crippen LogP contribution >= 0.6 is 0 Å². The van der Waals surface area contributed by atoms with Crippen LogP contribution in [0.2, 0.25) is 0 Å². The Hall–Kier alpha value is -2.82. The van der Waals surface area contributed by atoms with Gasteiger partial charge >= 0.3 is 0 Å². The Balaban J connectivity index is 1.55. The molecule has 0 atom stereocenters. The summed E-state index contributed by atoms with van der Waals surface area (Å²) in [6.07, 6.45) is 1.88. The molecule has 3 aromatic rings. The van der Waals surface area contributed by atoms with Crippen LogP contribution in [0.25, 0.3) is 11.0 Å². The lowest BCUT2D eigenvalue weighted by Crippen LogP contribution is -2.23. The third-order valence-electron chi connectivity index (χ3n) is 3.62. The van der Waals surface area contributed by atoms with Crippen LogP contribution in [0.5, 0.6) is 5.75 Å². The zero-order valence-electron chi connectivity index (χ0n) is 13.2. The Morgan fingerprint density at radius 3 is 2.87 bits per heavy atom. The lowest BCUT2D eigenvalue weighted by atomic mass is 10.1. The van der Waals surface area contributed by atoms with Crippen molar-refractivity contribution < 1.29 is 9.53 Å². The van der Waals surface area contributed by atoms with Crippen molar-refractivity contribution in [2.24, 2.45) is 0 Å². The second-order valence-electron chi connectivity index (χ2n) is 5.51. The van der Waals surface area contributed by atoms with E-state index in [0.29, 0.717) is 6.61 Å². The fourth-order valence-corrected chi connectivity index (χ4v) is 2.45. The number of nitrogens with one attached hydrogen (secondary N) is 1. The number of para-hydroxylation sites is 2. The number of ether oxygens (including phenoxy) is 1. The van der Waals surface area contributed by atoms with Gasteiger partial charge in [0, 0.05) is 0 Å². The van der Waals surface area contributed by atoms with Crippen LogP contribution in [0.3, 0.4) is 0 Å². The highest BCUT2D eigenvalue weighted by Crippen LogP contribution is 2.18. The number of hydrogen-bond acceptors (Lipinski definition) is 3. The first-order chi connectivity index (χ1) is 11.1. The van der Waals surface area contributed by atoms with Crippen LogP contribution in [0, 0.1) is 13.8 Å². The number of rotatable bonds is 5. The van der Waals surface area contributed by atoms with Crippen molar-refractivity contribution in [1.29, 1.82) is 0 Å². The van der Waals surface area contributed by atoms with Gasteiger partial charge in [-0.15, -0.1) is 0 Å². The minimum atomic E-state index is -0.113. The first kappa shape index (κ1) is 15.1. The highest BCUT2D eigenvalue weighted by atomic mass is 16.5. The number of aromatic nitrogens is 2. The molecule has 0 saturated heterocycles. The van der Waals surface area contributed by atoms with E-state index in [0.717, 1.165) is 22.3 Å². The first-order valence-electron chi connectivity index (χ1n) is 7.55. The maximum Gasteiger partial charge on any atom is 0.242 e. The Bertz CT molecular complexity index is 839. The van der Waals surface area contributed by atoms with Crippen LogP contribution in [0.4, 0.5) is 0 Å². The van der Waals surface area contributed by atoms with Gasteiger partial charge in [-0.3, -0.25) is 10.2 Å². The van der Waals surface area contributed by atoms with Crippen LogP contribution in [-0.4, -0.2) is 22.2 Å². The lowest BCUT2D eigenvalue weighted by molar-refractivity contribution is -0.117. The zero-order valence-corrected chi connectivity index (χ0v) is 13.2. The van der Waals surface area contributed by atoms with Crippen LogP contribution in [0.1, 0.15) is 17.5 Å². The number of hydrogen-bond donors (Lipinski definition) is 1. The zero-order chi connectivity index (χ0) is 16.2. The molecule has 23 heavy (non-hydrogen) atoms. The Kier molecular flexibility index (Phi) is 4.28. The summed E-state index contributed by atoms with van der Waals surface area (Å²) in [6, 6.07) is 13.6. The van der Waals surface area contributed by atoms with Gasteiger partial charge in [0.1, 0.15) is 12.1 Å². The van der Waals surface area contributed by atoms with E-state index in [1.807, 2.05) is 50.2 Å². The number of aryl methyl sites for hydroxylation is 2. The molecule has 0 aliphatic carbocycles. The second-order valence-corrected chi connectivity index (χ2v) is 5.51. The number of carbonyl (C=O) groups excluding carboxylic acids is 1. The van der Waals surface area contributed by atoms with Crippen molar-refractivity contribution in [3.8, 4) is 5.75 Å². The van der Waals surface area contributed by atoms with Crippen molar-refractivity contribution in [3.63, 3.8) is 0 Å². The lowest BCUT2D eigenvalue weighted by Gasteiger charge is -2.10. The molecule has 0 spiro atoms. The molecule has 5 heteroatoms. The maximum absolute atomic E-state index is 12.0. The minimum absolute atomic E-state index is 0.113. The molecule has 1 aromatic heterocycles. The average molecular weight is 309 g/mol. The molecule has 118 valence electrons. The molecule has 3 rings (SSSR count). The molecule has 5 nitrogen and oxygen atoms in total. The number of fused-ring (bicyclic) bond motifs is 1. The van der Waals surface area contributed by atoms with Gasteiger partial charge in [-0.1, -0.05) is 29.8 Å². The standard InChI is InChI=1S/C18H19N3O2/c1-13-7-8-17(14(2)11-13)23-10-9-18(22)20-21-12-19-15-5-3-4-6-16(15)21/h3-8,11-12H,9-10H2,1-2H3,(H,20,22). The van der Waals surface area contributed by atoms with E-state index >= 15 is 0 Å². The minimum Gasteiger partial charge on any atom is -0.493 e. The van der Waals surface area contributed by atoms with Gasteiger partial charge in [-0.25, -0.2) is 9.66 Å². The summed E-state index contributed by atoms with van der Waals surface area (Å²) in [7, 11) is 0. The van der Waals surface area contributed by atoms with Gasteiger partial charge in [-0.2, -0.15) is 0 Å². The normalized spacial score (nSPS) is 10.7. The Morgan fingerprint density at radius 1 is 1.22 bits per heavy atom. The fourth-order valence-electron chi connectivity index (χ4n) is 2.45. The predicted octanol–water partition coefficient (Wildman–Crippen LogP) is 3.19. The molecule has 0 radical (unpaired) electrons. The van der Waals surface area contributed by atoms with Gasteiger partial charge in [0.25, 0.3) is 0 Å².